The molecule has 0 radical (unpaired) electrons. The number of aryl methyl sites for hydroxylation is 1. The Kier molecular flexibility index (Phi) is 8.82. The van der Waals surface area contributed by atoms with Gasteiger partial charge in [0.15, 0.2) is 0 Å². The van der Waals surface area contributed by atoms with Crippen molar-refractivity contribution in [1.29, 1.82) is 0 Å². The maximum Gasteiger partial charge on any atom is 0.255 e. The number of hydrogen-bond donors (Lipinski definition) is 0. The van der Waals surface area contributed by atoms with Crippen molar-refractivity contribution in [3.8, 4) is 22.4 Å². The van der Waals surface area contributed by atoms with Crippen LogP contribution in [0.15, 0.2) is 60.8 Å². The number of likely N-dealkylation sites (N-methyl/N-ethyl adjacent to an activating group) is 1. The van der Waals surface area contributed by atoms with Gasteiger partial charge in [0.05, 0.1) is 41.7 Å². The molecule has 8 heteroatoms. The highest BCUT2D eigenvalue weighted by Crippen LogP contribution is 2.35. The lowest BCUT2D eigenvalue weighted by Crippen LogP contribution is -2.48. The molecule has 0 spiro atoms. The van der Waals surface area contributed by atoms with E-state index in [4.69, 9.17) is 14.7 Å². The molecular formula is C35H40IN5O2. The number of aromatic nitrogens is 2. The van der Waals surface area contributed by atoms with E-state index in [1.165, 1.54) is 11.1 Å². The van der Waals surface area contributed by atoms with E-state index in [2.05, 4.69) is 96.5 Å². The standard InChI is InChI=1S/C35H40IN5O2/c1-5-39-13-15-40(16-14-39)34(42)28-11-9-26(22-30(28)36)32-23-37-31-8-6-7-27(33(31)38-32)25-10-12-29(24(2)21-25)35(3,4)41-17-19-43-20-18-41/h6-12,21-23H,5,13-20H2,1-4H3. The summed E-state index contributed by atoms with van der Waals surface area (Å²) in [6.07, 6.45) is 1.84. The molecular weight excluding hydrogens is 649 g/mol. The number of morpholine rings is 1. The molecule has 1 amide bonds. The van der Waals surface area contributed by atoms with Gasteiger partial charge in [-0.3, -0.25) is 14.7 Å². The summed E-state index contributed by atoms with van der Waals surface area (Å²) < 4.78 is 6.53. The topological polar surface area (TPSA) is 61.8 Å². The van der Waals surface area contributed by atoms with Gasteiger partial charge in [0.25, 0.3) is 5.91 Å². The minimum absolute atomic E-state index is 0.0767. The molecule has 2 saturated heterocycles. The zero-order valence-electron chi connectivity index (χ0n) is 25.6. The van der Waals surface area contributed by atoms with Crippen molar-refractivity contribution >= 4 is 39.5 Å². The fraction of sp³-hybridized carbons (Fsp3) is 0.400. The summed E-state index contributed by atoms with van der Waals surface area (Å²) >= 11 is 2.28. The number of ether oxygens (including phenoxy) is 1. The number of rotatable bonds is 6. The normalized spacial score (nSPS) is 17.0. The van der Waals surface area contributed by atoms with Crippen LogP contribution in [-0.4, -0.2) is 89.6 Å². The molecule has 0 aliphatic carbocycles. The maximum atomic E-state index is 13.3. The summed E-state index contributed by atoms with van der Waals surface area (Å²) in [6.45, 7) is 16.9. The summed E-state index contributed by atoms with van der Waals surface area (Å²) in [4.78, 5) is 30.1. The number of carbonyl (C=O) groups excluding carboxylic acids is 1. The molecule has 43 heavy (non-hydrogen) atoms. The lowest BCUT2D eigenvalue weighted by molar-refractivity contribution is -0.0120. The second-order valence-corrected chi connectivity index (χ2v) is 13.2. The first kappa shape index (κ1) is 30.1. The van der Waals surface area contributed by atoms with Gasteiger partial charge in [-0.1, -0.05) is 43.3 Å². The number of benzene rings is 3. The minimum Gasteiger partial charge on any atom is -0.379 e. The number of para-hydroxylation sites is 1. The van der Waals surface area contributed by atoms with Crippen LogP contribution in [0.5, 0.6) is 0 Å². The van der Waals surface area contributed by atoms with E-state index >= 15 is 0 Å². The zero-order valence-corrected chi connectivity index (χ0v) is 27.7. The molecule has 2 fully saturated rings. The molecule has 0 bridgehead atoms. The zero-order chi connectivity index (χ0) is 30.1. The minimum atomic E-state index is -0.0767. The van der Waals surface area contributed by atoms with Crippen LogP contribution >= 0.6 is 22.6 Å². The number of fused-ring (bicyclic) bond motifs is 1. The Balaban J connectivity index is 1.29. The second kappa shape index (κ2) is 12.6. The average molecular weight is 690 g/mol. The molecule has 6 rings (SSSR count). The van der Waals surface area contributed by atoms with Crippen molar-refractivity contribution in [2.45, 2.75) is 33.2 Å². The summed E-state index contributed by atoms with van der Waals surface area (Å²) in [7, 11) is 0. The average Bonchev–Trinajstić information content (AvgIpc) is 3.04. The van der Waals surface area contributed by atoms with Gasteiger partial charge < -0.3 is 14.5 Å². The smallest absolute Gasteiger partial charge is 0.255 e. The highest BCUT2D eigenvalue weighted by atomic mass is 127. The molecule has 0 unspecified atom stereocenters. The van der Waals surface area contributed by atoms with Crippen molar-refractivity contribution < 1.29 is 9.53 Å². The van der Waals surface area contributed by atoms with Crippen LogP contribution in [0.4, 0.5) is 0 Å². The number of nitrogens with zero attached hydrogens (tertiary/aromatic N) is 5. The van der Waals surface area contributed by atoms with Gasteiger partial charge in [0.2, 0.25) is 0 Å². The SMILES string of the molecule is CCN1CCN(C(=O)c2ccc(-c3cnc4cccc(-c5ccc(C(C)(C)N6CCOCC6)c(C)c5)c4n3)cc2I)CC1. The van der Waals surface area contributed by atoms with E-state index in [0.29, 0.717) is 0 Å². The van der Waals surface area contributed by atoms with Gasteiger partial charge >= 0.3 is 0 Å². The van der Waals surface area contributed by atoms with Gasteiger partial charge in [-0.05, 0) is 84.8 Å². The summed E-state index contributed by atoms with van der Waals surface area (Å²) in [6, 6.07) is 19.0. The Hall–Kier alpha value is -2.92. The quantitative estimate of drug-likeness (QED) is 0.224. The molecule has 224 valence electrons. The molecule has 2 aliphatic heterocycles. The fourth-order valence-corrected chi connectivity index (χ4v) is 7.25. The Labute approximate surface area is 268 Å². The molecule has 3 heterocycles. The van der Waals surface area contributed by atoms with Crippen molar-refractivity contribution in [1.82, 2.24) is 24.7 Å². The van der Waals surface area contributed by atoms with Crippen LogP contribution in [0.25, 0.3) is 33.4 Å². The predicted octanol–water partition coefficient (Wildman–Crippen LogP) is 6.22. The van der Waals surface area contributed by atoms with Gasteiger partial charge in [-0.2, -0.15) is 0 Å². The van der Waals surface area contributed by atoms with Gasteiger partial charge in [0, 0.05) is 59.5 Å². The third-order valence-electron chi connectivity index (χ3n) is 9.17. The van der Waals surface area contributed by atoms with E-state index in [1.54, 1.807) is 0 Å². The fourth-order valence-electron chi connectivity index (χ4n) is 6.50. The Morgan fingerprint density at radius 1 is 0.953 bits per heavy atom. The van der Waals surface area contributed by atoms with Crippen molar-refractivity contribution in [2.24, 2.45) is 0 Å². The molecule has 1 aromatic heterocycles. The van der Waals surface area contributed by atoms with E-state index in [0.717, 1.165) is 102 Å². The summed E-state index contributed by atoms with van der Waals surface area (Å²) in [5.41, 5.74) is 8.98. The van der Waals surface area contributed by atoms with E-state index in [9.17, 15) is 4.79 Å². The highest BCUT2D eigenvalue weighted by molar-refractivity contribution is 14.1. The third-order valence-corrected chi connectivity index (χ3v) is 10.1. The van der Waals surface area contributed by atoms with Crippen molar-refractivity contribution in [3.05, 3.63) is 81.1 Å². The monoisotopic (exact) mass is 689 g/mol. The summed E-state index contributed by atoms with van der Waals surface area (Å²) in [5.74, 6) is 0.106. The van der Waals surface area contributed by atoms with Gasteiger partial charge in [-0.15, -0.1) is 0 Å². The van der Waals surface area contributed by atoms with Gasteiger partial charge in [-0.25, -0.2) is 4.98 Å². The number of hydrogen-bond acceptors (Lipinski definition) is 6. The van der Waals surface area contributed by atoms with Gasteiger partial charge in [0.1, 0.15) is 0 Å². The molecule has 0 atom stereocenters. The number of halogens is 1. The molecule has 0 saturated carbocycles. The summed E-state index contributed by atoms with van der Waals surface area (Å²) in [5, 5.41) is 0. The molecule has 0 N–H and O–H groups in total. The van der Waals surface area contributed by atoms with Crippen LogP contribution in [0, 0.1) is 10.5 Å². The lowest BCUT2D eigenvalue weighted by Gasteiger charge is -2.42. The third kappa shape index (κ3) is 6.07. The molecule has 4 aromatic rings. The number of amides is 1. The van der Waals surface area contributed by atoms with E-state index in [-0.39, 0.29) is 11.4 Å². The number of carbonyl (C=O) groups is 1. The first-order chi connectivity index (χ1) is 20.8. The van der Waals surface area contributed by atoms with Crippen LogP contribution in [0.3, 0.4) is 0 Å². The van der Waals surface area contributed by atoms with Crippen LogP contribution in [0.1, 0.15) is 42.3 Å². The largest absolute Gasteiger partial charge is 0.379 e. The first-order valence-electron chi connectivity index (χ1n) is 15.3. The Morgan fingerprint density at radius 2 is 1.70 bits per heavy atom. The van der Waals surface area contributed by atoms with Crippen LogP contribution in [0.2, 0.25) is 0 Å². The van der Waals surface area contributed by atoms with E-state index in [1.807, 2.05) is 29.3 Å². The second-order valence-electron chi connectivity index (χ2n) is 12.0. The number of piperazine rings is 1. The molecule has 2 aliphatic rings. The highest BCUT2D eigenvalue weighted by Gasteiger charge is 2.31. The molecule has 3 aromatic carbocycles. The lowest BCUT2D eigenvalue weighted by atomic mass is 9.86. The first-order valence-corrected chi connectivity index (χ1v) is 16.4. The molecule has 7 nitrogen and oxygen atoms in total. The van der Waals surface area contributed by atoms with Crippen molar-refractivity contribution in [2.75, 3.05) is 59.0 Å². The van der Waals surface area contributed by atoms with E-state index < -0.39 is 0 Å². The van der Waals surface area contributed by atoms with Crippen LogP contribution < -0.4 is 0 Å². The Morgan fingerprint density at radius 3 is 2.40 bits per heavy atom. The maximum absolute atomic E-state index is 13.3. The predicted molar refractivity (Wildman–Crippen MR) is 181 cm³/mol. The Bertz CT molecular complexity index is 1640. The van der Waals surface area contributed by atoms with Crippen molar-refractivity contribution in [3.63, 3.8) is 0 Å². The van der Waals surface area contributed by atoms with Crippen LogP contribution in [-0.2, 0) is 10.3 Å².